The van der Waals surface area contributed by atoms with E-state index < -0.39 is 6.09 Å². The lowest BCUT2D eigenvalue weighted by Crippen LogP contribution is -2.43. The number of hydrogen-bond acceptors (Lipinski definition) is 4. The molecule has 32 heavy (non-hydrogen) atoms. The van der Waals surface area contributed by atoms with Gasteiger partial charge in [-0.1, -0.05) is 20.3 Å². The summed E-state index contributed by atoms with van der Waals surface area (Å²) in [5.41, 5.74) is 2.30. The average molecular weight is 441 g/mol. The van der Waals surface area contributed by atoms with Gasteiger partial charge >= 0.3 is 6.09 Å². The van der Waals surface area contributed by atoms with Crippen molar-refractivity contribution in [3.8, 4) is 6.07 Å². The van der Waals surface area contributed by atoms with E-state index in [4.69, 9.17) is 4.74 Å². The lowest BCUT2D eigenvalue weighted by molar-refractivity contribution is 0.00486. The number of nitrogens with zero attached hydrogens (tertiary/aromatic N) is 4. The zero-order chi connectivity index (χ0) is 23.3. The number of rotatable bonds is 9. The summed E-state index contributed by atoms with van der Waals surface area (Å²) in [6, 6.07) is 7.79. The fourth-order valence-electron chi connectivity index (χ4n) is 4.76. The number of ether oxygens (including phenoxy) is 1. The number of imidazole rings is 1. The van der Waals surface area contributed by atoms with Crippen LogP contribution in [0.4, 0.5) is 4.79 Å². The Labute approximate surface area is 191 Å². The van der Waals surface area contributed by atoms with Crippen LogP contribution in [0.25, 0.3) is 11.0 Å². The van der Waals surface area contributed by atoms with Gasteiger partial charge in [-0.25, -0.2) is 9.78 Å². The quantitative estimate of drug-likeness (QED) is 0.582. The van der Waals surface area contributed by atoms with Crippen LogP contribution in [0, 0.1) is 28.6 Å². The van der Waals surface area contributed by atoms with E-state index in [-0.39, 0.29) is 11.5 Å². The summed E-state index contributed by atoms with van der Waals surface area (Å²) >= 11 is 0. The highest BCUT2D eigenvalue weighted by Crippen LogP contribution is 2.32. The molecule has 0 aliphatic heterocycles. The predicted octanol–water partition coefficient (Wildman–Crippen LogP) is 5.15. The number of amides is 1. The van der Waals surface area contributed by atoms with Gasteiger partial charge in [0.25, 0.3) is 0 Å². The summed E-state index contributed by atoms with van der Waals surface area (Å²) in [6.45, 7) is 10.6. The largest absolute Gasteiger partial charge is 0.465 e. The van der Waals surface area contributed by atoms with E-state index in [1.165, 1.54) is 0 Å². The number of aromatic nitrogens is 2. The Bertz CT molecular complexity index is 960. The van der Waals surface area contributed by atoms with E-state index in [0.717, 1.165) is 43.3 Å². The van der Waals surface area contributed by atoms with E-state index >= 15 is 0 Å². The molecule has 2 aromatic rings. The molecule has 7 heteroatoms. The minimum Gasteiger partial charge on any atom is -0.465 e. The van der Waals surface area contributed by atoms with Crippen molar-refractivity contribution < 1.29 is 14.6 Å². The highest BCUT2D eigenvalue weighted by atomic mass is 16.5. The van der Waals surface area contributed by atoms with E-state index in [1.807, 2.05) is 32.3 Å². The molecule has 1 fully saturated rings. The maximum Gasteiger partial charge on any atom is 0.407 e. The molecule has 1 heterocycles. The average Bonchev–Trinajstić information content (AvgIpc) is 3.14. The first-order chi connectivity index (χ1) is 15.2. The van der Waals surface area contributed by atoms with Crippen LogP contribution in [0.3, 0.4) is 0 Å². The van der Waals surface area contributed by atoms with E-state index in [9.17, 15) is 15.2 Å². The number of benzene rings is 1. The molecule has 1 aliphatic carbocycles. The Morgan fingerprint density at radius 1 is 1.38 bits per heavy atom. The van der Waals surface area contributed by atoms with Crippen LogP contribution in [0.15, 0.2) is 24.5 Å². The molecule has 0 saturated heterocycles. The minimum absolute atomic E-state index is 0.134. The number of carbonyl (C=O) groups is 1. The summed E-state index contributed by atoms with van der Waals surface area (Å²) in [5, 5.41) is 19.0. The van der Waals surface area contributed by atoms with Crippen LogP contribution in [0.1, 0.15) is 58.9 Å². The monoisotopic (exact) mass is 440 g/mol. The van der Waals surface area contributed by atoms with Crippen molar-refractivity contribution in [2.24, 2.45) is 17.3 Å². The highest BCUT2D eigenvalue weighted by Gasteiger charge is 2.30. The van der Waals surface area contributed by atoms with Crippen molar-refractivity contribution in [2.75, 3.05) is 19.7 Å². The van der Waals surface area contributed by atoms with Crippen molar-refractivity contribution in [1.82, 2.24) is 14.5 Å². The van der Waals surface area contributed by atoms with Gasteiger partial charge < -0.3 is 19.3 Å². The minimum atomic E-state index is -0.852. The van der Waals surface area contributed by atoms with Gasteiger partial charge in [0.1, 0.15) is 0 Å². The van der Waals surface area contributed by atoms with Crippen molar-refractivity contribution in [3.63, 3.8) is 0 Å². The summed E-state index contributed by atoms with van der Waals surface area (Å²) in [6.07, 6.45) is 5.45. The second-order valence-corrected chi connectivity index (χ2v) is 10.3. The number of hydrogen-bond donors (Lipinski definition) is 1. The maximum absolute atomic E-state index is 12.0. The SMILES string of the molecule is CC(C)OCC(C)(C)CN(CC1CCCC(Cn2cnc3ccc(C#N)cc32)C1)C(=O)O. The Hall–Kier alpha value is -2.59. The third kappa shape index (κ3) is 6.46. The Morgan fingerprint density at radius 3 is 2.81 bits per heavy atom. The second kappa shape index (κ2) is 10.4. The molecule has 174 valence electrons. The van der Waals surface area contributed by atoms with Gasteiger partial charge in [0, 0.05) is 25.0 Å². The van der Waals surface area contributed by atoms with Crippen LogP contribution in [0.5, 0.6) is 0 Å². The number of nitriles is 1. The molecule has 7 nitrogen and oxygen atoms in total. The van der Waals surface area contributed by atoms with Crippen LogP contribution < -0.4 is 0 Å². The highest BCUT2D eigenvalue weighted by molar-refractivity contribution is 5.76. The third-order valence-electron chi connectivity index (χ3n) is 6.27. The Kier molecular flexibility index (Phi) is 7.78. The summed E-state index contributed by atoms with van der Waals surface area (Å²) in [4.78, 5) is 18.0. The van der Waals surface area contributed by atoms with E-state index in [1.54, 1.807) is 11.0 Å². The van der Waals surface area contributed by atoms with Gasteiger partial charge in [-0.2, -0.15) is 5.26 Å². The standard InChI is InChI=1S/C25H36N4O3/c1-18(2)32-16-25(3,4)15-28(24(30)31)13-20-6-5-7-21(10-20)14-29-17-27-22-9-8-19(12-26)11-23(22)29/h8-9,11,17-18,20-21H,5-7,10,13-16H2,1-4H3,(H,30,31). The van der Waals surface area contributed by atoms with Gasteiger partial charge in [0.2, 0.25) is 0 Å². The van der Waals surface area contributed by atoms with Gasteiger partial charge in [0.05, 0.1) is 41.7 Å². The molecule has 2 unspecified atom stereocenters. The lowest BCUT2D eigenvalue weighted by Gasteiger charge is -2.36. The molecular formula is C25H36N4O3. The Morgan fingerprint density at radius 2 is 2.12 bits per heavy atom. The molecule has 2 atom stereocenters. The molecule has 0 radical (unpaired) electrons. The second-order valence-electron chi connectivity index (χ2n) is 10.3. The van der Waals surface area contributed by atoms with Crippen LogP contribution >= 0.6 is 0 Å². The molecule has 1 amide bonds. The van der Waals surface area contributed by atoms with Gasteiger partial charge in [-0.05, 0) is 63.1 Å². The normalized spacial score (nSPS) is 19.2. The third-order valence-corrected chi connectivity index (χ3v) is 6.27. The van der Waals surface area contributed by atoms with E-state index in [2.05, 4.69) is 29.5 Å². The molecule has 1 N–H and O–H groups in total. The summed E-state index contributed by atoms with van der Waals surface area (Å²) in [7, 11) is 0. The first-order valence-electron chi connectivity index (χ1n) is 11.6. The van der Waals surface area contributed by atoms with Crippen LogP contribution in [0.2, 0.25) is 0 Å². The van der Waals surface area contributed by atoms with Crippen LogP contribution in [-0.2, 0) is 11.3 Å². The van der Waals surface area contributed by atoms with E-state index in [0.29, 0.717) is 37.1 Å². The fourth-order valence-corrected chi connectivity index (χ4v) is 4.76. The molecule has 1 aliphatic rings. The van der Waals surface area contributed by atoms with Crippen molar-refractivity contribution in [1.29, 1.82) is 5.26 Å². The molecule has 0 bridgehead atoms. The van der Waals surface area contributed by atoms with Gasteiger partial charge in [-0.15, -0.1) is 0 Å². The fraction of sp³-hybridized carbons (Fsp3) is 0.640. The van der Waals surface area contributed by atoms with Crippen molar-refractivity contribution in [2.45, 2.75) is 66.0 Å². The zero-order valence-electron chi connectivity index (χ0n) is 19.8. The summed E-state index contributed by atoms with van der Waals surface area (Å²) < 4.78 is 7.90. The maximum atomic E-state index is 12.0. The topological polar surface area (TPSA) is 91.4 Å². The zero-order valence-corrected chi connectivity index (χ0v) is 19.8. The molecule has 1 aromatic heterocycles. The first kappa shape index (κ1) is 24.1. The van der Waals surface area contributed by atoms with Crippen molar-refractivity contribution >= 4 is 17.1 Å². The number of carboxylic acid groups (broad SMARTS) is 1. The Balaban J connectivity index is 1.62. The molecular weight excluding hydrogens is 404 g/mol. The molecule has 3 rings (SSSR count). The van der Waals surface area contributed by atoms with Gasteiger partial charge in [-0.3, -0.25) is 0 Å². The van der Waals surface area contributed by atoms with Crippen molar-refractivity contribution in [3.05, 3.63) is 30.1 Å². The molecule has 1 aromatic carbocycles. The number of fused-ring (bicyclic) bond motifs is 1. The summed E-state index contributed by atoms with van der Waals surface area (Å²) in [5.74, 6) is 0.834. The van der Waals surface area contributed by atoms with Gasteiger partial charge in [0.15, 0.2) is 0 Å². The molecule has 1 saturated carbocycles. The first-order valence-corrected chi connectivity index (χ1v) is 11.6. The lowest BCUT2D eigenvalue weighted by atomic mass is 9.80. The smallest absolute Gasteiger partial charge is 0.407 e. The molecule has 0 spiro atoms. The van der Waals surface area contributed by atoms with Crippen LogP contribution in [-0.4, -0.2) is 51.5 Å². The predicted molar refractivity (Wildman–Crippen MR) is 124 cm³/mol.